The van der Waals surface area contributed by atoms with Gasteiger partial charge in [-0.3, -0.25) is 0 Å². The predicted molar refractivity (Wildman–Crippen MR) is 64.7 cm³/mol. The number of fused-ring (bicyclic) bond motifs is 3. The van der Waals surface area contributed by atoms with Crippen LogP contribution in [0.2, 0.25) is 0 Å². The van der Waals surface area contributed by atoms with Crippen LogP contribution in [0.4, 0.5) is 0 Å². The molecule has 4 nitrogen and oxygen atoms in total. The lowest BCUT2D eigenvalue weighted by atomic mass is 10.2. The van der Waals surface area contributed by atoms with Gasteiger partial charge >= 0.3 is 0 Å². The molecular weight excluding hydrogens is 220 g/mol. The van der Waals surface area contributed by atoms with E-state index >= 15 is 0 Å². The van der Waals surface area contributed by atoms with Crippen molar-refractivity contribution in [1.82, 2.24) is 19.6 Å². The Bertz CT molecular complexity index is 647. The van der Waals surface area contributed by atoms with Gasteiger partial charge in [0.05, 0.1) is 5.52 Å². The van der Waals surface area contributed by atoms with Crippen molar-refractivity contribution in [3.8, 4) is 0 Å². The van der Waals surface area contributed by atoms with Crippen LogP contribution in [-0.2, 0) is 0 Å². The van der Waals surface area contributed by atoms with E-state index in [1.807, 2.05) is 24.3 Å². The summed E-state index contributed by atoms with van der Waals surface area (Å²) in [5.41, 5.74) is 1.83. The standard InChI is InChI=1S/C11H10N4S/c1-2-16-11-13-10-8-5-3-4-6-9(8)12-7-15(10)14-11/h3-7H,2H2,1H3. The van der Waals surface area contributed by atoms with E-state index < -0.39 is 0 Å². The van der Waals surface area contributed by atoms with Crippen molar-refractivity contribution in [3.05, 3.63) is 30.6 Å². The first-order valence-electron chi connectivity index (χ1n) is 5.11. The van der Waals surface area contributed by atoms with Crippen LogP contribution in [0.15, 0.2) is 35.7 Å². The molecule has 0 unspecified atom stereocenters. The third kappa shape index (κ3) is 1.44. The highest BCUT2D eigenvalue weighted by molar-refractivity contribution is 7.99. The van der Waals surface area contributed by atoms with Crippen LogP contribution in [0.5, 0.6) is 0 Å². The van der Waals surface area contributed by atoms with E-state index in [0.29, 0.717) is 0 Å². The van der Waals surface area contributed by atoms with Gasteiger partial charge in [0.25, 0.3) is 0 Å². The summed E-state index contributed by atoms with van der Waals surface area (Å²) in [6, 6.07) is 7.97. The van der Waals surface area contributed by atoms with Crippen LogP contribution in [0.25, 0.3) is 16.6 Å². The second-order valence-electron chi connectivity index (χ2n) is 3.36. The number of hydrogen-bond donors (Lipinski definition) is 0. The summed E-state index contributed by atoms with van der Waals surface area (Å²) < 4.78 is 1.74. The summed E-state index contributed by atoms with van der Waals surface area (Å²) in [4.78, 5) is 8.84. The monoisotopic (exact) mass is 230 g/mol. The Kier molecular flexibility index (Phi) is 2.25. The zero-order valence-electron chi connectivity index (χ0n) is 8.79. The van der Waals surface area contributed by atoms with E-state index in [4.69, 9.17) is 0 Å². The molecule has 2 heterocycles. The van der Waals surface area contributed by atoms with Gasteiger partial charge in [0.1, 0.15) is 6.33 Å². The van der Waals surface area contributed by atoms with Gasteiger partial charge in [-0.1, -0.05) is 30.8 Å². The molecule has 0 radical (unpaired) electrons. The van der Waals surface area contributed by atoms with Crippen molar-refractivity contribution in [2.75, 3.05) is 5.75 Å². The lowest BCUT2D eigenvalue weighted by molar-refractivity contribution is 0.870. The molecule has 0 aliphatic carbocycles. The van der Waals surface area contributed by atoms with E-state index in [-0.39, 0.29) is 0 Å². The minimum absolute atomic E-state index is 0.806. The van der Waals surface area contributed by atoms with Gasteiger partial charge in [0.15, 0.2) is 5.65 Å². The minimum Gasteiger partial charge on any atom is -0.236 e. The first-order valence-corrected chi connectivity index (χ1v) is 6.10. The topological polar surface area (TPSA) is 43.1 Å². The van der Waals surface area contributed by atoms with Gasteiger partial charge in [-0.05, 0) is 17.9 Å². The van der Waals surface area contributed by atoms with Crippen molar-refractivity contribution in [2.45, 2.75) is 12.1 Å². The van der Waals surface area contributed by atoms with Crippen LogP contribution >= 0.6 is 11.8 Å². The Morgan fingerprint density at radius 1 is 1.31 bits per heavy atom. The number of para-hydroxylation sites is 1. The molecule has 16 heavy (non-hydrogen) atoms. The summed E-state index contributed by atoms with van der Waals surface area (Å²) in [5, 5.41) is 6.21. The number of thioether (sulfide) groups is 1. The van der Waals surface area contributed by atoms with Crippen LogP contribution in [-0.4, -0.2) is 25.3 Å². The zero-order chi connectivity index (χ0) is 11.0. The van der Waals surface area contributed by atoms with Crippen LogP contribution in [0, 0.1) is 0 Å². The SMILES string of the molecule is CCSc1nc2c3ccccc3ncn2n1. The Balaban J connectivity index is 2.32. The number of hydrogen-bond acceptors (Lipinski definition) is 4. The number of benzene rings is 1. The zero-order valence-corrected chi connectivity index (χ0v) is 9.61. The van der Waals surface area contributed by atoms with E-state index in [0.717, 1.165) is 27.5 Å². The summed E-state index contributed by atoms with van der Waals surface area (Å²) in [5.74, 6) is 0.974. The van der Waals surface area contributed by atoms with Crippen LogP contribution in [0.1, 0.15) is 6.92 Å². The predicted octanol–water partition coefficient (Wildman–Crippen LogP) is 2.39. The highest BCUT2D eigenvalue weighted by atomic mass is 32.2. The third-order valence-electron chi connectivity index (χ3n) is 2.34. The second kappa shape index (κ2) is 3.75. The average Bonchev–Trinajstić information content (AvgIpc) is 2.72. The highest BCUT2D eigenvalue weighted by Crippen LogP contribution is 2.19. The molecule has 80 valence electrons. The largest absolute Gasteiger partial charge is 0.236 e. The fraction of sp³-hybridized carbons (Fsp3) is 0.182. The van der Waals surface area contributed by atoms with Crippen molar-refractivity contribution in [1.29, 1.82) is 0 Å². The molecular formula is C11H10N4S. The number of nitrogens with zero attached hydrogens (tertiary/aromatic N) is 4. The summed E-state index contributed by atoms with van der Waals surface area (Å²) >= 11 is 1.64. The highest BCUT2D eigenvalue weighted by Gasteiger charge is 2.07. The average molecular weight is 230 g/mol. The van der Waals surface area contributed by atoms with Gasteiger partial charge < -0.3 is 0 Å². The third-order valence-corrected chi connectivity index (χ3v) is 3.06. The molecule has 3 rings (SSSR count). The van der Waals surface area contributed by atoms with Gasteiger partial charge in [-0.25, -0.2) is 14.5 Å². The fourth-order valence-electron chi connectivity index (χ4n) is 1.65. The fourth-order valence-corrected chi connectivity index (χ4v) is 2.21. The molecule has 0 bridgehead atoms. The first-order chi connectivity index (χ1) is 7.88. The minimum atomic E-state index is 0.806. The van der Waals surface area contributed by atoms with Gasteiger partial charge in [-0.2, -0.15) is 0 Å². The Hall–Kier alpha value is -1.62. The van der Waals surface area contributed by atoms with Crippen molar-refractivity contribution < 1.29 is 0 Å². The lowest BCUT2D eigenvalue weighted by Gasteiger charge is -1.96. The molecule has 5 heteroatoms. The quantitative estimate of drug-likeness (QED) is 0.634. The van der Waals surface area contributed by atoms with Crippen molar-refractivity contribution in [3.63, 3.8) is 0 Å². The molecule has 0 aliphatic heterocycles. The van der Waals surface area contributed by atoms with E-state index in [1.54, 1.807) is 22.6 Å². The molecule has 0 amide bonds. The lowest BCUT2D eigenvalue weighted by Crippen LogP contribution is -1.90. The van der Waals surface area contributed by atoms with Crippen molar-refractivity contribution >= 4 is 28.3 Å². The summed E-state index contributed by atoms with van der Waals surface area (Å²) in [6.07, 6.45) is 1.71. The van der Waals surface area contributed by atoms with E-state index in [1.165, 1.54) is 0 Å². The molecule has 0 saturated carbocycles. The molecule has 0 atom stereocenters. The summed E-state index contributed by atoms with van der Waals surface area (Å²) in [7, 11) is 0. The molecule has 0 fully saturated rings. The maximum absolute atomic E-state index is 4.51. The van der Waals surface area contributed by atoms with Crippen molar-refractivity contribution in [2.24, 2.45) is 0 Å². The van der Waals surface area contributed by atoms with Crippen LogP contribution in [0.3, 0.4) is 0 Å². The maximum Gasteiger partial charge on any atom is 0.209 e. The molecule has 0 spiro atoms. The molecule has 1 aromatic carbocycles. The first kappa shape index (κ1) is 9.59. The Morgan fingerprint density at radius 3 is 3.06 bits per heavy atom. The van der Waals surface area contributed by atoms with Crippen LogP contribution < -0.4 is 0 Å². The second-order valence-corrected chi connectivity index (χ2v) is 4.59. The van der Waals surface area contributed by atoms with E-state index in [9.17, 15) is 0 Å². The molecule has 0 aliphatic rings. The van der Waals surface area contributed by atoms with Gasteiger partial charge in [0.2, 0.25) is 5.16 Å². The molecule has 3 aromatic rings. The van der Waals surface area contributed by atoms with Gasteiger partial charge in [-0.15, -0.1) is 5.10 Å². The molecule has 0 saturated heterocycles. The Morgan fingerprint density at radius 2 is 2.19 bits per heavy atom. The number of aromatic nitrogens is 4. The van der Waals surface area contributed by atoms with Gasteiger partial charge in [0, 0.05) is 5.39 Å². The van der Waals surface area contributed by atoms with E-state index in [2.05, 4.69) is 22.0 Å². The maximum atomic E-state index is 4.51. The number of rotatable bonds is 2. The normalized spacial score (nSPS) is 11.3. The molecule has 0 N–H and O–H groups in total. The smallest absolute Gasteiger partial charge is 0.209 e. The summed E-state index contributed by atoms with van der Waals surface area (Å²) in [6.45, 7) is 2.09. The Labute approximate surface area is 96.7 Å². The molecule has 2 aromatic heterocycles.